The van der Waals surface area contributed by atoms with Gasteiger partial charge in [0.15, 0.2) is 0 Å². The number of hydrogen-bond acceptors (Lipinski definition) is 7. The van der Waals surface area contributed by atoms with Crippen LogP contribution in [0.25, 0.3) is 0 Å². The third kappa shape index (κ3) is 5.01. The molecule has 0 atom stereocenters. The van der Waals surface area contributed by atoms with Crippen LogP contribution in [0.15, 0.2) is 75.0 Å². The molecule has 0 radical (unpaired) electrons. The molecule has 0 spiro atoms. The van der Waals surface area contributed by atoms with Gasteiger partial charge in [-0.3, -0.25) is 14.5 Å². The van der Waals surface area contributed by atoms with E-state index in [1.165, 1.54) is 10.5 Å². The maximum Gasteiger partial charge on any atom is 0.260 e. The van der Waals surface area contributed by atoms with Crippen LogP contribution in [0.1, 0.15) is 39.0 Å². The van der Waals surface area contributed by atoms with Crippen molar-refractivity contribution in [3.8, 4) is 0 Å². The molecule has 4 aromatic rings. The van der Waals surface area contributed by atoms with Crippen LogP contribution in [0.4, 0.5) is 5.69 Å². The van der Waals surface area contributed by atoms with Crippen molar-refractivity contribution in [2.45, 2.75) is 43.8 Å². The van der Waals surface area contributed by atoms with Crippen molar-refractivity contribution < 1.29 is 14.0 Å². The van der Waals surface area contributed by atoms with Crippen LogP contribution in [0, 0.1) is 20.8 Å². The van der Waals surface area contributed by atoms with E-state index in [1.807, 2.05) is 44.2 Å². The largest absolute Gasteiger partial charge is 0.424 e. The molecule has 1 aliphatic heterocycles. The van der Waals surface area contributed by atoms with Crippen molar-refractivity contribution in [1.82, 2.24) is 20.1 Å². The number of aryl methyl sites for hydroxylation is 3. The third-order valence-electron chi connectivity index (χ3n) is 5.96. The normalized spacial score (nSPS) is 13.5. The van der Waals surface area contributed by atoms with Crippen LogP contribution in [0.3, 0.4) is 0 Å². The predicted molar refractivity (Wildman–Crippen MR) is 136 cm³/mol. The fourth-order valence-corrected chi connectivity index (χ4v) is 4.94. The fraction of sp³-hybridized carbons (Fsp3) is 0.222. The van der Waals surface area contributed by atoms with E-state index < -0.39 is 0 Å². The van der Waals surface area contributed by atoms with Crippen molar-refractivity contribution in [2.75, 3.05) is 11.4 Å². The molecule has 182 valence electrons. The molecular formula is C27H25N5O3S. The number of benzene rings is 2. The van der Waals surface area contributed by atoms with E-state index >= 15 is 0 Å². The van der Waals surface area contributed by atoms with Crippen LogP contribution in [-0.4, -0.2) is 38.4 Å². The number of hydrogen-bond donors (Lipinski definition) is 0. The molecule has 0 saturated carbocycles. The SMILES string of the molecule is Cc1ccc(Sc2ccc(C(=O)N3CC(=O)N(Cc4nnc(C)o4)Cc4ccccc43)c(C)n2)cc1. The van der Waals surface area contributed by atoms with Gasteiger partial charge in [0.1, 0.15) is 11.6 Å². The minimum absolute atomic E-state index is 0.0950. The van der Waals surface area contributed by atoms with Gasteiger partial charge in [-0.2, -0.15) is 0 Å². The molecule has 36 heavy (non-hydrogen) atoms. The third-order valence-corrected chi connectivity index (χ3v) is 6.91. The quantitative estimate of drug-likeness (QED) is 0.392. The first-order chi connectivity index (χ1) is 17.4. The molecule has 1 aliphatic rings. The monoisotopic (exact) mass is 499 g/mol. The number of pyridine rings is 1. The number of aromatic nitrogens is 3. The Morgan fingerprint density at radius 1 is 0.972 bits per heavy atom. The number of rotatable bonds is 5. The van der Waals surface area contributed by atoms with Crippen molar-refractivity contribution in [2.24, 2.45) is 0 Å². The average Bonchev–Trinajstić information content (AvgIpc) is 3.22. The Bertz CT molecular complexity index is 1430. The molecule has 2 amide bonds. The molecule has 5 rings (SSSR count). The Morgan fingerprint density at radius 3 is 2.47 bits per heavy atom. The Hall–Kier alpha value is -3.98. The lowest BCUT2D eigenvalue weighted by molar-refractivity contribution is -0.131. The maximum absolute atomic E-state index is 13.7. The van der Waals surface area contributed by atoms with Crippen LogP contribution in [0.2, 0.25) is 0 Å². The lowest BCUT2D eigenvalue weighted by Crippen LogP contribution is -2.40. The van der Waals surface area contributed by atoms with E-state index in [0.29, 0.717) is 35.3 Å². The smallest absolute Gasteiger partial charge is 0.260 e. The predicted octanol–water partition coefficient (Wildman–Crippen LogP) is 4.73. The molecule has 9 heteroatoms. The average molecular weight is 500 g/mol. The number of nitrogens with zero attached hydrogens (tertiary/aromatic N) is 5. The Labute approximate surface area is 213 Å². The fourth-order valence-electron chi connectivity index (χ4n) is 4.11. The maximum atomic E-state index is 13.7. The van der Waals surface area contributed by atoms with Crippen LogP contribution in [-0.2, 0) is 17.9 Å². The number of para-hydroxylation sites is 1. The molecule has 0 aliphatic carbocycles. The highest BCUT2D eigenvalue weighted by Gasteiger charge is 2.31. The van der Waals surface area contributed by atoms with Gasteiger partial charge in [0.05, 0.1) is 17.8 Å². The second-order valence-electron chi connectivity index (χ2n) is 8.68. The van der Waals surface area contributed by atoms with E-state index in [0.717, 1.165) is 15.5 Å². The summed E-state index contributed by atoms with van der Waals surface area (Å²) >= 11 is 1.54. The minimum Gasteiger partial charge on any atom is -0.424 e. The summed E-state index contributed by atoms with van der Waals surface area (Å²) in [6.45, 7) is 6.00. The van der Waals surface area contributed by atoms with Gasteiger partial charge in [0.2, 0.25) is 17.7 Å². The Morgan fingerprint density at radius 2 is 1.75 bits per heavy atom. The Balaban J connectivity index is 1.40. The van der Waals surface area contributed by atoms with Gasteiger partial charge in [-0.15, -0.1) is 10.2 Å². The Kier molecular flexibility index (Phi) is 6.56. The summed E-state index contributed by atoms with van der Waals surface area (Å²) in [7, 11) is 0. The summed E-state index contributed by atoms with van der Waals surface area (Å²) in [6, 6.07) is 19.4. The summed E-state index contributed by atoms with van der Waals surface area (Å²) < 4.78 is 5.48. The highest BCUT2D eigenvalue weighted by Crippen LogP contribution is 2.30. The molecule has 0 fully saturated rings. The first-order valence-corrected chi connectivity index (χ1v) is 12.4. The number of carbonyl (C=O) groups excluding carboxylic acids is 2. The zero-order valence-electron chi connectivity index (χ0n) is 20.3. The van der Waals surface area contributed by atoms with E-state index in [-0.39, 0.29) is 24.9 Å². The molecule has 0 unspecified atom stereocenters. The van der Waals surface area contributed by atoms with Gasteiger partial charge in [-0.05, 0) is 49.7 Å². The summed E-state index contributed by atoms with van der Waals surface area (Å²) in [5, 5.41) is 8.67. The number of anilines is 1. The lowest BCUT2D eigenvalue weighted by atomic mass is 10.1. The van der Waals surface area contributed by atoms with E-state index in [1.54, 1.807) is 29.7 Å². The van der Waals surface area contributed by atoms with Crippen LogP contribution < -0.4 is 4.90 Å². The second-order valence-corrected chi connectivity index (χ2v) is 9.78. The first kappa shape index (κ1) is 23.7. The summed E-state index contributed by atoms with van der Waals surface area (Å²) in [4.78, 5) is 35.9. The van der Waals surface area contributed by atoms with Crippen LogP contribution in [0.5, 0.6) is 0 Å². The van der Waals surface area contributed by atoms with Gasteiger partial charge < -0.3 is 9.32 Å². The van der Waals surface area contributed by atoms with Crippen molar-refractivity contribution in [1.29, 1.82) is 0 Å². The highest BCUT2D eigenvalue weighted by atomic mass is 32.2. The van der Waals surface area contributed by atoms with E-state index in [4.69, 9.17) is 4.42 Å². The molecule has 8 nitrogen and oxygen atoms in total. The number of fused-ring (bicyclic) bond motifs is 1. The van der Waals surface area contributed by atoms with Gasteiger partial charge in [0, 0.05) is 24.1 Å². The van der Waals surface area contributed by atoms with Crippen LogP contribution >= 0.6 is 11.8 Å². The zero-order chi connectivity index (χ0) is 25.2. The number of amides is 2. The molecule has 0 N–H and O–H groups in total. The van der Waals surface area contributed by atoms with Crippen molar-refractivity contribution in [3.05, 3.63) is 94.8 Å². The van der Waals surface area contributed by atoms with Crippen molar-refractivity contribution in [3.63, 3.8) is 0 Å². The molecule has 2 aromatic carbocycles. The number of carbonyl (C=O) groups is 2. The molecular weight excluding hydrogens is 474 g/mol. The van der Waals surface area contributed by atoms with E-state index in [2.05, 4.69) is 39.4 Å². The zero-order valence-corrected chi connectivity index (χ0v) is 21.1. The minimum atomic E-state index is -0.261. The van der Waals surface area contributed by atoms with E-state index in [9.17, 15) is 9.59 Å². The summed E-state index contributed by atoms with van der Waals surface area (Å²) in [5.74, 6) is 0.340. The first-order valence-electron chi connectivity index (χ1n) is 11.6. The second kappa shape index (κ2) is 9.94. The van der Waals surface area contributed by atoms with Gasteiger partial charge in [0.25, 0.3) is 5.91 Å². The topological polar surface area (TPSA) is 92.4 Å². The molecule has 3 heterocycles. The van der Waals surface area contributed by atoms with Crippen molar-refractivity contribution >= 4 is 29.3 Å². The van der Waals surface area contributed by atoms with Gasteiger partial charge in [-0.25, -0.2) is 4.98 Å². The molecule has 2 aromatic heterocycles. The van der Waals surface area contributed by atoms with Gasteiger partial charge in [-0.1, -0.05) is 47.7 Å². The summed E-state index contributed by atoms with van der Waals surface area (Å²) in [5.41, 5.74) is 3.85. The van der Waals surface area contributed by atoms with Gasteiger partial charge >= 0.3 is 0 Å². The summed E-state index contributed by atoms with van der Waals surface area (Å²) in [6.07, 6.45) is 0. The molecule has 0 bridgehead atoms. The molecule has 0 saturated heterocycles. The highest BCUT2D eigenvalue weighted by molar-refractivity contribution is 7.99. The lowest BCUT2D eigenvalue weighted by Gasteiger charge is -2.23. The standard InChI is InChI=1S/C27H25N5O3S/c1-17-8-10-21(11-9-17)36-25-13-12-22(18(2)28-25)27(34)32-16-26(33)31(15-24-30-29-19(3)35-24)14-20-6-4-5-7-23(20)32/h4-13H,14-16H2,1-3H3.